The van der Waals surface area contributed by atoms with Crippen molar-refractivity contribution < 1.29 is 4.74 Å². The number of anilines is 1. The van der Waals surface area contributed by atoms with Crippen LogP contribution in [0.15, 0.2) is 60.7 Å². The maximum atomic E-state index is 9.52. The number of hydrogen-bond acceptors (Lipinski definition) is 4. The molecule has 2 aromatic carbocycles. The van der Waals surface area contributed by atoms with E-state index in [2.05, 4.69) is 11.1 Å². The molecule has 23 heavy (non-hydrogen) atoms. The molecule has 3 aromatic rings. The smallest absolute Gasteiger partial charge is 0.232 e. The summed E-state index contributed by atoms with van der Waals surface area (Å²) >= 11 is 0. The van der Waals surface area contributed by atoms with Crippen LogP contribution < -0.4 is 10.5 Å². The highest BCUT2D eigenvalue weighted by molar-refractivity contribution is 5.79. The minimum atomic E-state index is 0.311. The van der Waals surface area contributed by atoms with Gasteiger partial charge in [-0.25, -0.2) is 4.98 Å². The summed E-state index contributed by atoms with van der Waals surface area (Å²) in [5.41, 5.74) is 10.2. The van der Waals surface area contributed by atoms with E-state index >= 15 is 0 Å². The Morgan fingerprint density at radius 2 is 1.74 bits per heavy atom. The number of pyridine rings is 1. The molecule has 0 aliphatic carbocycles. The molecule has 0 unspecified atom stereocenters. The molecule has 4 heteroatoms. The van der Waals surface area contributed by atoms with Gasteiger partial charge < -0.3 is 10.5 Å². The third kappa shape index (κ3) is 2.85. The van der Waals surface area contributed by atoms with Gasteiger partial charge in [0, 0.05) is 16.8 Å². The molecule has 112 valence electrons. The fourth-order valence-electron chi connectivity index (χ4n) is 2.47. The van der Waals surface area contributed by atoms with E-state index in [1.807, 2.05) is 60.7 Å². The lowest BCUT2D eigenvalue weighted by molar-refractivity contribution is 0.397. The van der Waals surface area contributed by atoms with Gasteiger partial charge in [0.05, 0.1) is 12.8 Å². The molecular weight excluding hydrogens is 286 g/mol. The molecule has 0 radical (unpaired) electrons. The molecule has 1 aromatic heterocycles. The molecule has 2 N–H and O–H groups in total. The lowest BCUT2D eigenvalue weighted by atomic mass is 9.98. The van der Waals surface area contributed by atoms with E-state index in [0.29, 0.717) is 17.1 Å². The van der Waals surface area contributed by atoms with Crippen molar-refractivity contribution in [3.05, 3.63) is 66.2 Å². The summed E-state index contributed by atoms with van der Waals surface area (Å²) in [6.07, 6.45) is 0. The van der Waals surface area contributed by atoms with Gasteiger partial charge in [-0.1, -0.05) is 42.5 Å². The average molecular weight is 301 g/mol. The van der Waals surface area contributed by atoms with E-state index in [4.69, 9.17) is 10.5 Å². The quantitative estimate of drug-likeness (QED) is 0.745. The maximum absolute atomic E-state index is 9.52. The lowest BCUT2D eigenvalue weighted by Gasteiger charge is -2.12. The van der Waals surface area contributed by atoms with Crippen molar-refractivity contribution >= 4 is 5.69 Å². The van der Waals surface area contributed by atoms with E-state index in [9.17, 15) is 5.26 Å². The van der Waals surface area contributed by atoms with Gasteiger partial charge in [0.2, 0.25) is 5.88 Å². The molecule has 3 rings (SSSR count). The maximum Gasteiger partial charge on any atom is 0.232 e. The minimum Gasteiger partial charge on any atom is -0.480 e. The Morgan fingerprint density at radius 1 is 1.00 bits per heavy atom. The number of benzene rings is 2. The van der Waals surface area contributed by atoms with Crippen molar-refractivity contribution in [3.8, 4) is 34.3 Å². The molecule has 0 aliphatic heterocycles. The molecule has 0 fully saturated rings. The van der Waals surface area contributed by atoms with Crippen molar-refractivity contribution in [1.29, 1.82) is 5.26 Å². The van der Waals surface area contributed by atoms with E-state index < -0.39 is 0 Å². The van der Waals surface area contributed by atoms with Gasteiger partial charge in [0.1, 0.15) is 11.6 Å². The van der Waals surface area contributed by atoms with Crippen LogP contribution in [0.5, 0.6) is 5.88 Å². The van der Waals surface area contributed by atoms with Crippen molar-refractivity contribution in [2.24, 2.45) is 0 Å². The Bertz CT molecular complexity index is 883. The van der Waals surface area contributed by atoms with Crippen molar-refractivity contribution in [3.63, 3.8) is 0 Å². The predicted octanol–water partition coefficient (Wildman–Crippen LogP) is 3.88. The van der Waals surface area contributed by atoms with Gasteiger partial charge in [-0.3, -0.25) is 0 Å². The first-order valence-corrected chi connectivity index (χ1v) is 7.13. The van der Waals surface area contributed by atoms with Gasteiger partial charge in [-0.05, 0) is 23.8 Å². The summed E-state index contributed by atoms with van der Waals surface area (Å²) in [6, 6.07) is 21.3. The highest BCUT2D eigenvalue weighted by atomic mass is 16.5. The van der Waals surface area contributed by atoms with Crippen LogP contribution in [-0.2, 0) is 0 Å². The fourth-order valence-corrected chi connectivity index (χ4v) is 2.47. The second-order valence-corrected chi connectivity index (χ2v) is 5.04. The fraction of sp³-hybridized carbons (Fsp3) is 0.0526. The third-order valence-corrected chi connectivity index (χ3v) is 3.56. The van der Waals surface area contributed by atoms with Crippen LogP contribution in [0.25, 0.3) is 22.4 Å². The number of nitriles is 1. The molecule has 0 saturated heterocycles. The second kappa shape index (κ2) is 6.20. The second-order valence-electron chi connectivity index (χ2n) is 5.04. The lowest BCUT2D eigenvalue weighted by Crippen LogP contribution is -1.98. The third-order valence-electron chi connectivity index (χ3n) is 3.56. The van der Waals surface area contributed by atoms with E-state index in [1.54, 1.807) is 0 Å². The number of methoxy groups -OCH3 is 1. The van der Waals surface area contributed by atoms with E-state index in [1.165, 1.54) is 7.11 Å². The van der Waals surface area contributed by atoms with E-state index in [-0.39, 0.29) is 0 Å². The Kier molecular flexibility index (Phi) is 3.94. The zero-order valence-corrected chi connectivity index (χ0v) is 12.7. The zero-order valence-electron chi connectivity index (χ0n) is 12.7. The number of hydrogen-bond donors (Lipinski definition) is 1. The predicted molar refractivity (Wildman–Crippen MR) is 90.8 cm³/mol. The monoisotopic (exact) mass is 301 g/mol. The number of rotatable bonds is 3. The Hall–Kier alpha value is -3.32. The number of nitrogens with zero attached hydrogens (tertiary/aromatic N) is 2. The van der Waals surface area contributed by atoms with Crippen LogP contribution in [0, 0.1) is 11.3 Å². The van der Waals surface area contributed by atoms with Crippen LogP contribution >= 0.6 is 0 Å². The highest BCUT2D eigenvalue weighted by Gasteiger charge is 2.15. The summed E-state index contributed by atoms with van der Waals surface area (Å²) < 4.78 is 5.33. The first-order valence-electron chi connectivity index (χ1n) is 7.13. The van der Waals surface area contributed by atoms with Crippen LogP contribution in [0.3, 0.4) is 0 Å². The van der Waals surface area contributed by atoms with Crippen LogP contribution in [0.2, 0.25) is 0 Å². The normalized spacial score (nSPS) is 10.1. The first-order chi connectivity index (χ1) is 11.2. The van der Waals surface area contributed by atoms with E-state index in [0.717, 1.165) is 22.4 Å². The minimum absolute atomic E-state index is 0.311. The molecule has 0 saturated carbocycles. The molecule has 0 bridgehead atoms. The first kappa shape index (κ1) is 14.6. The van der Waals surface area contributed by atoms with Gasteiger partial charge in [-0.2, -0.15) is 5.26 Å². The molecule has 0 spiro atoms. The SMILES string of the molecule is COc1nc(-c2ccccc2)cc(-c2cccc(N)c2)c1C#N. The zero-order chi connectivity index (χ0) is 16.2. The van der Waals surface area contributed by atoms with Crippen molar-refractivity contribution in [2.45, 2.75) is 0 Å². The summed E-state index contributed by atoms with van der Waals surface area (Å²) in [5, 5.41) is 9.52. The van der Waals surface area contributed by atoms with Crippen LogP contribution in [-0.4, -0.2) is 12.1 Å². The largest absolute Gasteiger partial charge is 0.480 e. The molecule has 0 aliphatic rings. The number of nitrogens with two attached hydrogens (primary N) is 1. The van der Waals surface area contributed by atoms with Gasteiger partial charge in [0.25, 0.3) is 0 Å². The number of nitrogen functional groups attached to an aromatic ring is 1. The number of aromatic nitrogens is 1. The molecule has 4 nitrogen and oxygen atoms in total. The van der Waals surface area contributed by atoms with Crippen molar-refractivity contribution in [1.82, 2.24) is 4.98 Å². The molecular formula is C19H15N3O. The Morgan fingerprint density at radius 3 is 2.39 bits per heavy atom. The highest BCUT2D eigenvalue weighted by Crippen LogP contribution is 2.33. The standard InChI is InChI=1S/C19H15N3O/c1-23-19-17(12-20)16(14-8-5-9-15(21)10-14)11-18(22-19)13-6-3-2-4-7-13/h2-11H,21H2,1H3. The number of ether oxygens (including phenoxy) is 1. The van der Waals surface area contributed by atoms with Crippen LogP contribution in [0.4, 0.5) is 5.69 Å². The molecule has 0 amide bonds. The summed E-state index contributed by atoms with van der Waals surface area (Å²) in [7, 11) is 1.51. The molecule has 1 heterocycles. The Balaban J connectivity index is 2.27. The summed E-state index contributed by atoms with van der Waals surface area (Å²) in [4.78, 5) is 4.46. The van der Waals surface area contributed by atoms with Crippen LogP contribution in [0.1, 0.15) is 5.56 Å². The van der Waals surface area contributed by atoms with Gasteiger partial charge in [-0.15, -0.1) is 0 Å². The van der Waals surface area contributed by atoms with Gasteiger partial charge in [0.15, 0.2) is 0 Å². The summed E-state index contributed by atoms with van der Waals surface area (Å²) in [5.74, 6) is 0.311. The average Bonchev–Trinajstić information content (AvgIpc) is 2.61. The Labute approximate surface area is 134 Å². The van der Waals surface area contributed by atoms with Gasteiger partial charge >= 0.3 is 0 Å². The molecule has 0 atom stereocenters. The van der Waals surface area contributed by atoms with Crippen molar-refractivity contribution in [2.75, 3.05) is 12.8 Å². The summed E-state index contributed by atoms with van der Waals surface area (Å²) in [6.45, 7) is 0. The topological polar surface area (TPSA) is 71.9 Å².